The number of aromatic carboxylic acids is 1. The first-order valence-electron chi connectivity index (χ1n) is 4.81. The number of furan rings is 1. The largest absolute Gasteiger partial charge is 0.475 e. The van der Waals surface area contributed by atoms with E-state index in [1.165, 1.54) is 24.3 Å². The van der Waals surface area contributed by atoms with Gasteiger partial charge in [-0.15, -0.1) is 0 Å². The SMILES string of the molecule is N#Cc1c(F)cccc1Oc1ccc(C(=O)O)o1. The van der Waals surface area contributed by atoms with E-state index in [0.717, 1.165) is 6.07 Å². The standard InChI is InChI=1S/C12H6FNO4/c13-8-2-1-3-9(7(8)6-14)17-11-5-4-10(18-11)12(15)16/h1-5H,(H,15,16). The van der Waals surface area contributed by atoms with Gasteiger partial charge in [-0.3, -0.25) is 0 Å². The number of carbonyl (C=O) groups is 1. The van der Waals surface area contributed by atoms with Gasteiger partial charge in [-0.2, -0.15) is 5.26 Å². The molecule has 2 rings (SSSR count). The predicted octanol–water partition coefficient (Wildman–Crippen LogP) is 2.78. The minimum atomic E-state index is -1.25. The molecule has 2 aromatic rings. The third kappa shape index (κ3) is 2.15. The van der Waals surface area contributed by atoms with Crippen LogP contribution in [0.25, 0.3) is 0 Å². The van der Waals surface area contributed by atoms with Crippen LogP contribution in [-0.2, 0) is 0 Å². The van der Waals surface area contributed by atoms with E-state index >= 15 is 0 Å². The van der Waals surface area contributed by atoms with Gasteiger partial charge in [-0.25, -0.2) is 9.18 Å². The normalized spacial score (nSPS) is 9.78. The third-order valence-corrected chi connectivity index (χ3v) is 2.09. The molecule has 1 aromatic heterocycles. The highest BCUT2D eigenvalue weighted by atomic mass is 19.1. The molecule has 0 fully saturated rings. The van der Waals surface area contributed by atoms with Gasteiger partial charge in [0.25, 0.3) is 5.95 Å². The number of benzene rings is 1. The number of nitrogens with zero attached hydrogens (tertiary/aromatic N) is 1. The molecule has 0 spiro atoms. The Morgan fingerprint density at radius 2 is 2.17 bits per heavy atom. The van der Waals surface area contributed by atoms with Crippen molar-refractivity contribution < 1.29 is 23.4 Å². The molecule has 0 aliphatic heterocycles. The van der Waals surface area contributed by atoms with E-state index < -0.39 is 11.8 Å². The Labute approximate surface area is 101 Å². The molecule has 18 heavy (non-hydrogen) atoms. The molecule has 1 N–H and O–H groups in total. The van der Waals surface area contributed by atoms with Crippen LogP contribution in [0, 0.1) is 17.1 Å². The summed E-state index contributed by atoms with van der Waals surface area (Å²) in [5.74, 6) is -2.44. The molecule has 0 aliphatic rings. The van der Waals surface area contributed by atoms with Gasteiger partial charge >= 0.3 is 5.97 Å². The van der Waals surface area contributed by atoms with Gasteiger partial charge in [0, 0.05) is 6.07 Å². The average molecular weight is 247 g/mol. The van der Waals surface area contributed by atoms with Crippen LogP contribution in [0.3, 0.4) is 0 Å². The summed E-state index contributed by atoms with van der Waals surface area (Å²) in [5, 5.41) is 17.4. The van der Waals surface area contributed by atoms with Gasteiger partial charge in [0.2, 0.25) is 5.76 Å². The van der Waals surface area contributed by atoms with E-state index in [-0.39, 0.29) is 23.0 Å². The zero-order valence-corrected chi connectivity index (χ0v) is 8.88. The molecular formula is C12H6FNO4. The van der Waals surface area contributed by atoms with Crippen molar-refractivity contribution in [3.63, 3.8) is 0 Å². The van der Waals surface area contributed by atoms with Gasteiger partial charge in [0.1, 0.15) is 17.4 Å². The van der Waals surface area contributed by atoms with E-state index in [1.54, 1.807) is 6.07 Å². The molecular weight excluding hydrogens is 241 g/mol. The van der Waals surface area contributed by atoms with Crippen LogP contribution in [0.5, 0.6) is 11.7 Å². The number of rotatable bonds is 3. The van der Waals surface area contributed by atoms with Gasteiger partial charge in [0.05, 0.1) is 0 Å². The molecule has 0 saturated heterocycles. The second kappa shape index (κ2) is 4.59. The smallest absolute Gasteiger partial charge is 0.371 e. The van der Waals surface area contributed by atoms with Crippen LogP contribution in [0.2, 0.25) is 0 Å². The summed E-state index contributed by atoms with van der Waals surface area (Å²) in [6.07, 6.45) is 0. The Morgan fingerprint density at radius 1 is 1.39 bits per heavy atom. The average Bonchev–Trinajstić information content (AvgIpc) is 2.78. The van der Waals surface area contributed by atoms with E-state index in [0.29, 0.717) is 0 Å². The minimum Gasteiger partial charge on any atom is -0.475 e. The first-order chi connectivity index (χ1) is 8.61. The van der Waals surface area contributed by atoms with Crippen LogP contribution in [0.4, 0.5) is 4.39 Å². The molecule has 1 heterocycles. The fourth-order valence-corrected chi connectivity index (χ4v) is 1.30. The lowest BCUT2D eigenvalue weighted by Crippen LogP contribution is -1.92. The van der Waals surface area contributed by atoms with E-state index in [4.69, 9.17) is 19.5 Å². The van der Waals surface area contributed by atoms with Crippen molar-refractivity contribution in [1.82, 2.24) is 0 Å². The molecule has 0 aliphatic carbocycles. The van der Waals surface area contributed by atoms with Crippen LogP contribution in [-0.4, -0.2) is 11.1 Å². The molecule has 5 nitrogen and oxygen atoms in total. The van der Waals surface area contributed by atoms with Gasteiger partial charge in [-0.05, 0) is 18.2 Å². The maximum Gasteiger partial charge on any atom is 0.371 e. The maximum atomic E-state index is 13.3. The van der Waals surface area contributed by atoms with Crippen molar-refractivity contribution in [2.45, 2.75) is 0 Å². The summed E-state index contributed by atoms with van der Waals surface area (Å²) in [6.45, 7) is 0. The van der Waals surface area contributed by atoms with Crippen molar-refractivity contribution in [1.29, 1.82) is 5.26 Å². The number of halogens is 1. The van der Waals surface area contributed by atoms with Crippen molar-refractivity contribution in [2.24, 2.45) is 0 Å². The second-order valence-corrected chi connectivity index (χ2v) is 3.25. The van der Waals surface area contributed by atoms with E-state index in [2.05, 4.69) is 0 Å². The Bertz CT molecular complexity index is 642. The van der Waals surface area contributed by atoms with E-state index in [1.807, 2.05) is 0 Å². The highest BCUT2D eigenvalue weighted by Gasteiger charge is 2.14. The summed E-state index contributed by atoms with van der Waals surface area (Å²) in [5.41, 5.74) is -0.272. The van der Waals surface area contributed by atoms with Crippen LogP contribution < -0.4 is 4.74 Å². The fourth-order valence-electron chi connectivity index (χ4n) is 1.30. The first kappa shape index (κ1) is 11.7. The number of ether oxygens (including phenoxy) is 1. The molecule has 0 bridgehead atoms. The Morgan fingerprint density at radius 3 is 2.78 bits per heavy atom. The Kier molecular flexibility index (Phi) is 2.98. The number of hydrogen-bond acceptors (Lipinski definition) is 4. The zero-order chi connectivity index (χ0) is 13.1. The number of carboxylic acids is 1. The zero-order valence-electron chi connectivity index (χ0n) is 8.88. The Hall–Kier alpha value is -2.81. The summed E-state index contributed by atoms with van der Waals surface area (Å²) < 4.78 is 23.2. The summed E-state index contributed by atoms with van der Waals surface area (Å²) in [6, 6.07) is 7.99. The molecule has 0 amide bonds. The van der Waals surface area contributed by atoms with Crippen molar-refractivity contribution >= 4 is 5.97 Å². The molecule has 0 saturated carbocycles. The quantitative estimate of drug-likeness (QED) is 0.901. The van der Waals surface area contributed by atoms with Gasteiger partial charge < -0.3 is 14.3 Å². The lowest BCUT2D eigenvalue weighted by Gasteiger charge is -2.04. The highest BCUT2D eigenvalue weighted by molar-refractivity contribution is 5.84. The monoisotopic (exact) mass is 247 g/mol. The maximum absolute atomic E-state index is 13.3. The fraction of sp³-hybridized carbons (Fsp3) is 0. The van der Waals surface area contributed by atoms with Crippen LogP contribution >= 0.6 is 0 Å². The molecule has 0 atom stereocenters. The molecule has 0 radical (unpaired) electrons. The van der Waals surface area contributed by atoms with Crippen LogP contribution in [0.1, 0.15) is 16.1 Å². The van der Waals surface area contributed by atoms with Crippen LogP contribution in [0.15, 0.2) is 34.7 Å². The molecule has 0 unspecified atom stereocenters. The third-order valence-electron chi connectivity index (χ3n) is 2.09. The topological polar surface area (TPSA) is 83.5 Å². The number of hydrogen-bond donors (Lipinski definition) is 1. The number of nitriles is 1. The highest BCUT2D eigenvalue weighted by Crippen LogP contribution is 2.27. The van der Waals surface area contributed by atoms with Crippen molar-refractivity contribution in [3.05, 3.63) is 47.5 Å². The van der Waals surface area contributed by atoms with Gasteiger partial charge in [0.15, 0.2) is 5.75 Å². The molecule has 6 heteroatoms. The summed E-state index contributed by atoms with van der Waals surface area (Å²) in [7, 11) is 0. The Balaban J connectivity index is 2.31. The van der Waals surface area contributed by atoms with Gasteiger partial charge in [-0.1, -0.05) is 6.07 Å². The predicted molar refractivity (Wildman–Crippen MR) is 56.9 cm³/mol. The lowest BCUT2D eigenvalue weighted by atomic mass is 10.2. The number of carboxylic acid groups (broad SMARTS) is 1. The molecule has 90 valence electrons. The lowest BCUT2D eigenvalue weighted by molar-refractivity contribution is 0.0657. The summed E-state index contributed by atoms with van der Waals surface area (Å²) >= 11 is 0. The second-order valence-electron chi connectivity index (χ2n) is 3.25. The first-order valence-corrected chi connectivity index (χ1v) is 4.81. The molecule has 1 aromatic carbocycles. The van der Waals surface area contributed by atoms with Crippen molar-refractivity contribution in [3.8, 4) is 17.8 Å². The van der Waals surface area contributed by atoms with Crippen molar-refractivity contribution in [2.75, 3.05) is 0 Å². The summed E-state index contributed by atoms with van der Waals surface area (Å²) in [4.78, 5) is 10.6. The minimum absolute atomic E-state index is 0.0382. The van der Waals surface area contributed by atoms with E-state index in [9.17, 15) is 9.18 Å².